The average Bonchev–Trinajstić information content (AvgIpc) is 1.57. The molecule has 0 N–H and O–H groups in total. The highest BCUT2D eigenvalue weighted by molar-refractivity contribution is 6.35. The third kappa shape index (κ3) is 7.61. The molecule has 0 radical (unpaired) electrons. The number of nitriles is 1. The van der Waals surface area contributed by atoms with Crippen molar-refractivity contribution in [3.8, 4) is 51.3 Å². The summed E-state index contributed by atoms with van der Waals surface area (Å²) in [5.74, 6) is 0. The molecule has 6 heterocycles. The Hall–Kier alpha value is -12.1. The van der Waals surface area contributed by atoms with Gasteiger partial charge in [0.05, 0.1) is 77.8 Å². The van der Waals surface area contributed by atoms with Gasteiger partial charge in [-0.2, -0.15) is 5.26 Å². The summed E-state index contributed by atoms with van der Waals surface area (Å²) in [7, 11) is 0. The first-order chi connectivity index (χ1) is 46.4. The van der Waals surface area contributed by atoms with E-state index in [-0.39, 0.29) is 0 Å². The summed E-state index contributed by atoms with van der Waals surface area (Å²) < 4.78 is 14.2. The Morgan fingerprint density at radius 3 is 0.745 bits per heavy atom. The van der Waals surface area contributed by atoms with Gasteiger partial charge in [0.15, 0.2) is 0 Å². The second-order valence-electron chi connectivity index (χ2n) is 24.7. The highest BCUT2D eigenvalue weighted by Gasteiger charge is 2.23. The predicted molar refractivity (Wildman–Crippen MR) is 393 cm³/mol. The molecule has 0 spiro atoms. The van der Waals surface area contributed by atoms with Crippen molar-refractivity contribution < 1.29 is 0 Å². The second kappa shape index (κ2) is 20.0. The molecule has 0 aliphatic heterocycles. The van der Waals surface area contributed by atoms with Gasteiger partial charge in [0.2, 0.25) is 0 Å². The molecule has 20 rings (SSSR count). The van der Waals surface area contributed by atoms with Crippen molar-refractivity contribution in [3.05, 3.63) is 313 Å². The van der Waals surface area contributed by atoms with Gasteiger partial charge in [-0.05, 0) is 187 Å². The molecule has 94 heavy (non-hydrogen) atoms. The van der Waals surface area contributed by atoms with Gasteiger partial charge in [0, 0.05) is 109 Å². The van der Waals surface area contributed by atoms with E-state index in [1.807, 2.05) is 24.3 Å². The quantitative estimate of drug-likeness (QED) is 0.157. The normalized spacial score (nSPS) is 12.1. The lowest BCUT2D eigenvalue weighted by Crippen LogP contribution is -1.96. The van der Waals surface area contributed by atoms with Crippen molar-refractivity contribution in [1.82, 2.24) is 27.4 Å². The summed E-state index contributed by atoms with van der Waals surface area (Å²) >= 11 is 13.6. The Balaban J connectivity index is 0.734. The molecule has 9 heteroatoms. The fourth-order valence-corrected chi connectivity index (χ4v) is 16.2. The van der Waals surface area contributed by atoms with Gasteiger partial charge in [-0.15, -0.1) is 0 Å². The third-order valence-electron chi connectivity index (χ3n) is 19.7. The van der Waals surface area contributed by atoms with Crippen LogP contribution in [0.2, 0.25) is 10.0 Å². The number of para-hydroxylation sites is 6. The van der Waals surface area contributed by atoms with Crippen LogP contribution in [0.4, 0.5) is 0 Å². The van der Waals surface area contributed by atoms with Gasteiger partial charge >= 0.3 is 0 Å². The van der Waals surface area contributed by atoms with E-state index in [1.54, 1.807) is 6.07 Å². The van der Waals surface area contributed by atoms with E-state index in [9.17, 15) is 5.26 Å². The Kier molecular flexibility index (Phi) is 11.2. The molecule has 0 aliphatic rings. The fourth-order valence-electron chi connectivity index (χ4n) is 15.7. The van der Waals surface area contributed by atoms with Crippen molar-refractivity contribution in [2.24, 2.45) is 0 Å². The van der Waals surface area contributed by atoms with Gasteiger partial charge in [-0.3, -0.25) is 0 Å². The standard InChI is InChI=1S/C85H49Cl2N7/c86-54-43-55(87)45-61(44-54)94-84-39-33-58(91-76-21-9-3-15-64(76)65-16-4-10-22-77(65)91)47-72(84)73-49-60(34-40-85(73)94)93-79-24-12-6-18-67(79)69-42-53(28-36-81(69)93)52-27-35-80-68(41-52)66-17-5-11-23-78(66)92(80)59-32-38-83-71(48-59)70-46-57(31-37-82(70)89(83)56-29-25-51(50-88)26-30-56)90-74-19-7-1-13-62(74)63-14-2-8-20-75(63)90/h1-49H. The van der Waals surface area contributed by atoms with Gasteiger partial charge < -0.3 is 27.4 Å². The lowest BCUT2D eigenvalue weighted by atomic mass is 10.0. The Labute approximate surface area is 547 Å². The molecule has 438 valence electrons. The van der Waals surface area contributed by atoms with E-state index in [0.717, 1.165) is 122 Å². The lowest BCUT2D eigenvalue weighted by Gasteiger charge is -2.11. The maximum atomic E-state index is 9.80. The predicted octanol–water partition coefficient (Wildman–Crippen LogP) is 23.1. The maximum Gasteiger partial charge on any atom is 0.0991 e. The minimum Gasteiger partial charge on any atom is -0.309 e. The molecular weight excluding hydrogens is 1190 g/mol. The molecule has 0 fully saturated rings. The van der Waals surface area contributed by atoms with Crippen molar-refractivity contribution >= 4 is 154 Å². The monoisotopic (exact) mass is 1240 g/mol. The van der Waals surface area contributed by atoms with Crippen LogP contribution in [-0.4, -0.2) is 27.4 Å². The first-order valence-electron chi connectivity index (χ1n) is 31.6. The number of hydrogen-bond donors (Lipinski definition) is 0. The molecule has 0 unspecified atom stereocenters. The van der Waals surface area contributed by atoms with Crippen LogP contribution in [0.1, 0.15) is 5.56 Å². The third-order valence-corrected chi connectivity index (χ3v) is 20.1. The van der Waals surface area contributed by atoms with Gasteiger partial charge in [0.25, 0.3) is 0 Å². The van der Waals surface area contributed by atoms with Crippen molar-refractivity contribution in [2.45, 2.75) is 0 Å². The van der Waals surface area contributed by atoms with Gasteiger partial charge in [-0.1, -0.05) is 145 Å². The smallest absolute Gasteiger partial charge is 0.0991 e. The SMILES string of the molecule is N#Cc1ccc(-n2c3ccc(-n4c5ccccc5c5ccccc54)cc3c3cc(-n4c5ccccc5c5cc(-c6ccc7c(c6)c6ccccc6n7-c6ccc7c(c6)c6cc(-n8c9ccccc9c9ccccc98)ccc6n7-c6cc(Cl)cc(Cl)c6)ccc54)ccc32)cc1. The van der Waals surface area contributed by atoms with Crippen LogP contribution < -0.4 is 0 Å². The molecule has 0 saturated carbocycles. The maximum absolute atomic E-state index is 9.80. The summed E-state index contributed by atoms with van der Waals surface area (Å²) in [5, 5.41) is 25.1. The summed E-state index contributed by atoms with van der Waals surface area (Å²) in [4.78, 5) is 0. The lowest BCUT2D eigenvalue weighted by molar-refractivity contribution is 1.16. The van der Waals surface area contributed by atoms with Crippen LogP contribution >= 0.6 is 23.2 Å². The van der Waals surface area contributed by atoms with E-state index < -0.39 is 0 Å². The molecule has 0 amide bonds. The number of nitrogens with zero attached hydrogens (tertiary/aromatic N) is 7. The largest absolute Gasteiger partial charge is 0.309 e. The first-order valence-corrected chi connectivity index (χ1v) is 32.3. The summed E-state index contributed by atoms with van der Waals surface area (Å²) in [5.41, 5.74) is 22.5. The van der Waals surface area contributed by atoms with E-state index in [2.05, 4.69) is 300 Å². The van der Waals surface area contributed by atoms with Crippen LogP contribution in [0.3, 0.4) is 0 Å². The number of rotatable bonds is 7. The molecule has 6 aromatic heterocycles. The Bertz CT molecular complexity index is 6590. The number of aromatic nitrogens is 6. The fraction of sp³-hybridized carbons (Fsp3) is 0. The molecule has 14 aromatic carbocycles. The van der Waals surface area contributed by atoms with Crippen LogP contribution in [0.15, 0.2) is 297 Å². The van der Waals surface area contributed by atoms with Crippen LogP contribution in [0.5, 0.6) is 0 Å². The van der Waals surface area contributed by atoms with Crippen LogP contribution in [0, 0.1) is 11.3 Å². The van der Waals surface area contributed by atoms with Crippen molar-refractivity contribution in [1.29, 1.82) is 5.26 Å². The number of hydrogen-bond acceptors (Lipinski definition) is 1. The van der Waals surface area contributed by atoms with Crippen LogP contribution in [0.25, 0.3) is 176 Å². The zero-order valence-corrected chi connectivity index (χ0v) is 51.7. The molecular formula is C85H49Cl2N7. The summed E-state index contributed by atoms with van der Waals surface area (Å²) in [6.07, 6.45) is 0. The summed E-state index contributed by atoms with van der Waals surface area (Å²) in [6, 6.07) is 110. The molecule has 0 aliphatic carbocycles. The van der Waals surface area contributed by atoms with Crippen molar-refractivity contribution in [2.75, 3.05) is 0 Å². The number of benzene rings is 14. The molecule has 7 nitrogen and oxygen atoms in total. The highest BCUT2D eigenvalue weighted by atomic mass is 35.5. The van der Waals surface area contributed by atoms with E-state index in [1.165, 1.54) is 54.1 Å². The summed E-state index contributed by atoms with van der Waals surface area (Å²) in [6.45, 7) is 0. The first kappa shape index (κ1) is 52.7. The molecule has 0 atom stereocenters. The minimum absolute atomic E-state index is 0.579. The van der Waals surface area contributed by atoms with Crippen molar-refractivity contribution in [3.63, 3.8) is 0 Å². The Morgan fingerprint density at radius 2 is 0.436 bits per heavy atom. The van der Waals surface area contributed by atoms with E-state index in [0.29, 0.717) is 15.6 Å². The average molecular weight is 1240 g/mol. The zero-order chi connectivity index (χ0) is 62.0. The highest BCUT2D eigenvalue weighted by Crippen LogP contribution is 2.44. The zero-order valence-electron chi connectivity index (χ0n) is 50.2. The van der Waals surface area contributed by atoms with Gasteiger partial charge in [0.1, 0.15) is 0 Å². The molecule has 0 saturated heterocycles. The minimum atomic E-state index is 0.579. The van der Waals surface area contributed by atoms with Gasteiger partial charge in [-0.25, -0.2) is 0 Å². The van der Waals surface area contributed by atoms with E-state index in [4.69, 9.17) is 23.2 Å². The van der Waals surface area contributed by atoms with E-state index >= 15 is 0 Å². The molecule has 20 aromatic rings. The number of fused-ring (bicyclic) bond motifs is 18. The second-order valence-corrected chi connectivity index (χ2v) is 25.5. The number of halogens is 2. The topological polar surface area (TPSA) is 53.4 Å². The molecule has 0 bridgehead atoms. The van der Waals surface area contributed by atoms with Crippen LogP contribution in [-0.2, 0) is 0 Å². The Morgan fingerprint density at radius 1 is 0.202 bits per heavy atom.